The van der Waals surface area contributed by atoms with Crippen LogP contribution in [0, 0.1) is 5.92 Å². The molecule has 1 aliphatic carbocycles. The molecule has 0 spiro atoms. The summed E-state index contributed by atoms with van der Waals surface area (Å²) in [6.07, 6.45) is 2.96. The van der Waals surface area contributed by atoms with Crippen molar-refractivity contribution in [3.63, 3.8) is 0 Å². The Balaban J connectivity index is 1.60. The lowest BCUT2D eigenvalue weighted by Crippen LogP contribution is -2.27. The summed E-state index contributed by atoms with van der Waals surface area (Å²) in [5.41, 5.74) is 0.167. The number of aliphatic hydroxyl groups excluding tert-OH is 1. The van der Waals surface area contributed by atoms with Crippen molar-refractivity contribution in [2.24, 2.45) is 5.92 Å². The van der Waals surface area contributed by atoms with E-state index >= 15 is 0 Å². The molecule has 0 bridgehead atoms. The second-order valence-electron chi connectivity index (χ2n) is 5.01. The molecule has 1 saturated carbocycles. The van der Waals surface area contributed by atoms with Gasteiger partial charge in [0.25, 0.3) is 0 Å². The first kappa shape index (κ1) is 12.3. The fraction of sp³-hybridized carbons (Fsp3) is 1.00. The van der Waals surface area contributed by atoms with Crippen molar-refractivity contribution in [2.75, 3.05) is 19.8 Å². The van der Waals surface area contributed by atoms with E-state index < -0.39 is 6.29 Å². The van der Waals surface area contributed by atoms with Crippen LogP contribution in [0.4, 0.5) is 0 Å². The minimum Gasteiger partial charge on any atom is -0.376 e. The SMILES string of the molecule is CCOCC(O)OCC1CCC2(C)OC2C1. The van der Waals surface area contributed by atoms with Gasteiger partial charge in [-0.15, -0.1) is 0 Å². The molecule has 2 rings (SSSR count). The average molecular weight is 230 g/mol. The Labute approximate surface area is 96.9 Å². The van der Waals surface area contributed by atoms with Gasteiger partial charge in [0.2, 0.25) is 0 Å². The van der Waals surface area contributed by atoms with Gasteiger partial charge in [0, 0.05) is 6.61 Å². The van der Waals surface area contributed by atoms with E-state index in [1.807, 2.05) is 6.92 Å². The highest BCUT2D eigenvalue weighted by atomic mass is 16.6. The summed E-state index contributed by atoms with van der Waals surface area (Å²) in [6.45, 7) is 5.57. The molecule has 1 aliphatic heterocycles. The number of hydrogen-bond donors (Lipinski definition) is 1. The molecule has 1 heterocycles. The Morgan fingerprint density at radius 1 is 1.56 bits per heavy atom. The van der Waals surface area contributed by atoms with Gasteiger partial charge in [0.15, 0.2) is 6.29 Å². The minimum atomic E-state index is -0.784. The fourth-order valence-corrected chi connectivity index (χ4v) is 2.38. The molecule has 0 radical (unpaired) electrons. The van der Waals surface area contributed by atoms with Crippen LogP contribution in [0.5, 0.6) is 0 Å². The summed E-state index contributed by atoms with van der Waals surface area (Å²) in [7, 11) is 0. The molecule has 16 heavy (non-hydrogen) atoms. The van der Waals surface area contributed by atoms with Gasteiger partial charge in [-0.1, -0.05) is 0 Å². The lowest BCUT2D eigenvalue weighted by molar-refractivity contribution is -0.145. The molecule has 0 aromatic heterocycles. The van der Waals surface area contributed by atoms with Crippen LogP contribution in [0.25, 0.3) is 0 Å². The molecule has 0 amide bonds. The molecule has 1 saturated heterocycles. The zero-order valence-corrected chi connectivity index (χ0v) is 10.1. The van der Waals surface area contributed by atoms with Crippen LogP contribution < -0.4 is 0 Å². The standard InChI is InChI=1S/C12H22O4/c1-3-14-8-11(13)15-7-9-4-5-12(2)10(6-9)16-12/h9-11,13H,3-8H2,1-2H3. The zero-order chi connectivity index (χ0) is 11.6. The van der Waals surface area contributed by atoms with Gasteiger partial charge in [0.05, 0.1) is 24.9 Å². The van der Waals surface area contributed by atoms with E-state index in [4.69, 9.17) is 14.2 Å². The molecule has 0 aromatic carbocycles. The summed E-state index contributed by atoms with van der Waals surface area (Å²) in [4.78, 5) is 0. The smallest absolute Gasteiger partial charge is 0.178 e. The number of rotatable bonds is 6. The topological polar surface area (TPSA) is 51.2 Å². The first-order valence-corrected chi connectivity index (χ1v) is 6.19. The highest BCUT2D eigenvalue weighted by molar-refractivity contribution is 5.03. The maximum absolute atomic E-state index is 9.46. The van der Waals surface area contributed by atoms with E-state index in [9.17, 15) is 5.11 Å². The molecular weight excluding hydrogens is 208 g/mol. The van der Waals surface area contributed by atoms with Crippen molar-refractivity contribution >= 4 is 0 Å². The Morgan fingerprint density at radius 3 is 3.06 bits per heavy atom. The zero-order valence-electron chi connectivity index (χ0n) is 10.1. The van der Waals surface area contributed by atoms with Crippen molar-refractivity contribution in [2.45, 2.75) is 51.1 Å². The van der Waals surface area contributed by atoms with Crippen molar-refractivity contribution in [1.29, 1.82) is 0 Å². The van der Waals surface area contributed by atoms with E-state index in [2.05, 4.69) is 6.92 Å². The molecule has 4 unspecified atom stereocenters. The van der Waals surface area contributed by atoms with Crippen LogP contribution in [-0.2, 0) is 14.2 Å². The molecule has 0 aromatic rings. The molecule has 2 fully saturated rings. The van der Waals surface area contributed by atoms with E-state index in [-0.39, 0.29) is 12.2 Å². The van der Waals surface area contributed by atoms with Gasteiger partial charge < -0.3 is 19.3 Å². The average Bonchev–Trinajstić information content (AvgIpc) is 2.94. The number of aliphatic hydroxyl groups is 1. The van der Waals surface area contributed by atoms with Crippen LogP contribution in [0.15, 0.2) is 0 Å². The highest BCUT2D eigenvalue weighted by Gasteiger charge is 2.55. The van der Waals surface area contributed by atoms with Crippen LogP contribution in [0.3, 0.4) is 0 Å². The number of ether oxygens (including phenoxy) is 3. The van der Waals surface area contributed by atoms with Crippen LogP contribution in [0.2, 0.25) is 0 Å². The Morgan fingerprint density at radius 2 is 2.38 bits per heavy atom. The summed E-state index contributed by atoms with van der Waals surface area (Å²) in [5, 5.41) is 9.46. The van der Waals surface area contributed by atoms with Crippen LogP contribution >= 0.6 is 0 Å². The largest absolute Gasteiger partial charge is 0.376 e. The third-order valence-corrected chi connectivity index (χ3v) is 3.62. The fourth-order valence-electron chi connectivity index (χ4n) is 2.38. The Bertz CT molecular complexity index is 233. The van der Waals surface area contributed by atoms with E-state index in [0.717, 1.165) is 19.3 Å². The minimum absolute atomic E-state index is 0.167. The monoisotopic (exact) mass is 230 g/mol. The van der Waals surface area contributed by atoms with Crippen LogP contribution in [-0.4, -0.2) is 42.9 Å². The summed E-state index contributed by atoms with van der Waals surface area (Å²) in [6, 6.07) is 0. The van der Waals surface area contributed by atoms with Crippen molar-refractivity contribution in [1.82, 2.24) is 0 Å². The van der Waals surface area contributed by atoms with Crippen LogP contribution in [0.1, 0.15) is 33.1 Å². The summed E-state index contributed by atoms with van der Waals surface area (Å²) in [5.74, 6) is 0.525. The number of epoxide rings is 1. The van der Waals surface area contributed by atoms with E-state index in [1.165, 1.54) is 0 Å². The van der Waals surface area contributed by atoms with E-state index in [0.29, 0.717) is 25.2 Å². The van der Waals surface area contributed by atoms with Gasteiger partial charge in [0.1, 0.15) is 0 Å². The van der Waals surface area contributed by atoms with Gasteiger partial charge in [-0.3, -0.25) is 0 Å². The maximum atomic E-state index is 9.46. The molecule has 94 valence electrons. The van der Waals surface area contributed by atoms with Gasteiger partial charge >= 0.3 is 0 Å². The summed E-state index contributed by atoms with van der Waals surface area (Å²) >= 11 is 0. The van der Waals surface area contributed by atoms with Gasteiger partial charge in [-0.05, 0) is 39.0 Å². The molecule has 1 N–H and O–H groups in total. The first-order valence-electron chi connectivity index (χ1n) is 6.19. The second kappa shape index (κ2) is 5.00. The van der Waals surface area contributed by atoms with Crippen molar-refractivity contribution in [3.8, 4) is 0 Å². The molecule has 4 nitrogen and oxygen atoms in total. The Kier molecular flexibility index (Phi) is 3.85. The number of fused-ring (bicyclic) bond motifs is 1. The van der Waals surface area contributed by atoms with E-state index in [1.54, 1.807) is 0 Å². The lowest BCUT2D eigenvalue weighted by atomic mass is 9.83. The molecular formula is C12H22O4. The Hall–Kier alpha value is -0.160. The molecule has 2 aliphatic rings. The molecule has 4 atom stereocenters. The third kappa shape index (κ3) is 2.94. The van der Waals surface area contributed by atoms with Crippen molar-refractivity contribution < 1.29 is 19.3 Å². The quantitative estimate of drug-likeness (QED) is 0.552. The van der Waals surface area contributed by atoms with Crippen molar-refractivity contribution in [3.05, 3.63) is 0 Å². The third-order valence-electron chi connectivity index (χ3n) is 3.62. The maximum Gasteiger partial charge on any atom is 0.178 e. The van der Waals surface area contributed by atoms with Gasteiger partial charge in [-0.2, -0.15) is 0 Å². The second-order valence-corrected chi connectivity index (χ2v) is 5.01. The predicted molar refractivity (Wildman–Crippen MR) is 59.1 cm³/mol. The van der Waals surface area contributed by atoms with Gasteiger partial charge in [-0.25, -0.2) is 0 Å². The first-order chi connectivity index (χ1) is 7.64. The number of hydrogen-bond acceptors (Lipinski definition) is 4. The normalized spacial score (nSPS) is 39.2. The predicted octanol–water partition coefficient (Wildman–Crippen LogP) is 1.32. The molecule has 4 heteroatoms. The lowest BCUT2D eigenvalue weighted by Gasteiger charge is -2.23. The highest BCUT2D eigenvalue weighted by Crippen LogP contribution is 2.49. The summed E-state index contributed by atoms with van der Waals surface area (Å²) < 4.78 is 16.1.